The molecule has 0 fully saturated rings. The number of amides is 2. The van der Waals surface area contributed by atoms with E-state index in [4.69, 9.17) is 17.3 Å². The zero-order valence-corrected chi connectivity index (χ0v) is 12.7. The van der Waals surface area contributed by atoms with Gasteiger partial charge < -0.3 is 16.4 Å². The molecule has 23 heavy (non-hydrogen) atoms. The van der Waals surface area contributed by atoms with Crippen LogP contribution in [0.2, 0.25) is 5.02 Å². The monoisotopic (exact) mass is 333 g/mol. The molecule has 2 amide bonds. The molecule has 0 bridgehead atoms. The average molecular weight is 334 g/mol. The Morgan fingerprint density at radius 3 is 2.39 bits per heavy atom. The molecule has 0 heterocycles. The third-order valence-electron chi connectivity index (χ3n) is 2.93. The van der Waals surface area contributed by atoms with Crippen molar-refractivity contribution >= 4 is 40.5 Å². The number of rotatable bonds is 4. The zero-order chi connectivity index (χ0) is 17.0. The number of halogens is 2. The van der Waals surface area contributed by atoms with Crippen molar-refractivity contribution in [3.05, 3.63) is 65.5 Å². The molecule has 0 saturated carbocycles. The van der Waals surface area contributed by atoms with E-state index in [-0.39, 0.29) is 22.2 Å². The van der Waals surface area contributed by atoms with E-state index in [1.54, 1.807) is 0 Å². The molecule has 0 aliphatic heterocycles. The largest absolute Gasteiger partial charge is 0.398 e. The zero-order valence-electron chi connectivity index (χ0n) is 11.9. The van der Waals surface area contributed by atoms with Crippen molar-refractivity contribution in [1.29, 1.82) is 0 Å². The quantitative estimate of drug-likeness (QED) is 0.592. The molecule has 0 spiro atoms. The fourth-order valence-corrected chi connectivity index (χ4v) is 1.99. The minimum absolute atomic E-state index is 0.0988. The number of hydrogen-bond acceptors (Lipinski definition) is 3. The summed E-state index contributed by atoms with van der Waals surface area (Å²) in [7, 11) is 0. The predicted molar refractivity (Wildman–Crippen MR) is 89.0 cm³/mol. The smallest absolute Gasteiger partial charge is 0.257 e. The number of carbonyl (C=O) groups is 2. The Morgan fingerprint density at radius 2 is 1.78 bits per heavy atom. The lowest BCUT2D eigenvalue weighted by Gasteiger charge is -2.10. The number of nitrogens with two attached hydrogens (primary N) is 1. The van der Waals surface area contributed by atoms with Gasteiger partial charge in [-0.2, -0.15) is 0 Å². The molecule has 118 valence electrons. The van der Waals surface area contributed by atoms with Crippen molar-refractivity contribution < 1.29 is 14.0 Å². The van der Waals surface area contributed by atoms with Crippen LogP contribution in [0.25, 0.3) is 0 Å². The molecule has 0 aliphatic carbocycles. The highest BCUT2D eigenvalue weighted by atomic mass is 35.5. The fourth-order valence-electron chi connectivity index (χ4n) is 1.81. The summed E-state index contributed by atoms with van der Waals surface area (Å²) in [5.74, 6) is -1.44. The van der Waals surface area contributed by atoms with Crippen LogP contribution in [-0.4, -0.2) is 11.8 Å². The molecule has 2 rings (SSSR count). The highest BCUT2D eigenvalue weighted by molar-refractivity contribution is 6.31. The summed E-state index contributed by atoms with van der Waals surface area (Å²) in [5.41, 5.74) is 6.99. The van der Waals surface area contributed by atoms with Gasteiger partial charge in [-0.3, -0.25) is 9.59 Å². The second-order valence-electron chi connectivity index (χ2n) is 4.58. The lowest BCUT2D eigenvalue weighted by molar-refractivity contribution is -0.111. The van der Waals surface area contributed by atoms with Gasteiger partial charge in [0.25, 0.3) is 5.91 Å². The van der Waals surface area contributed by atoms with Gasteiger partial charge in [-0.15, -0.1) is 0 Å². The maximum atomic E-state index is 13.1. The molecule has 7 heteroatoms. The SMILES string of the molecule is C=CC(=O)Nc1ccc(C(=O)Nc2ccc(F)c(Cl)c2)c(N)c1. The fraction of sp³-hybridized carbons (Fsp3) is 0. The average Bonchev–Trinajstić information content (AvgIpc) is 2.50. The van der Waals surface area contributed by atoms with Crippen molar-refractivity contribution in [1.82, 2.24) is 0 Å². The Morgan fingerprint density at radius 1 is 1.13 bits per heavy atom. The molecule has 4 N–H and O–H groups in total. The van der Waals surface area contributed by atoms with Crippen molar-refractivity contribution in [3.8, 4) is 0 Å². The van der Waals surface area contributed by atoms with Crippen LogP contribution in [0.1, 0.15) is 10.4 Å². The lowest BCUT2D eigenvalue weighted by Crippen LogP contribution is -2.15. The molecule has 0 aromatic heterocycles. The van der Waals surface area contributed by atoms with Crippen LogP contribution in [0.4, 0.5) is 21.5 Å². The first-order chi connectivity index (χ1) is 10.9. The van der Waals surface area contributed by atoms with E-state index in [1.807, 2.05) is 0 Å². The van der Waals surface area contributed by atoms with E-state index in [2.05, 4.69) is 17.2 Å². The normalized spacial score (nSPS) is 10.0. The first-order valence-electron chi connectivity index (χ1n) is 6.50. The van der Waals surface area contributed by atoms with E-state index >= 15 is 0 Å². The Hall–Kier alpha value is -2.86. The van der Waals surface area contributed by atoms with Crippen LogP contribution in [0.5, 0.6) is 0 Å². The van der Waals surface area contributed by atoms with Crippen molar-refractivity contribution in [3.63, 3.8) is 0 Å². The van der Waals surface area contributed by atoms with Crippen LogP contribution < -0.4 is 16.4 Å². The first kappa shape index (κ1) is 16.5. The third kappa shape index (κ3) is 4.08. The number of carbonyl (C=O) groups excluding carboxylic acids is 2. The van der Waals surface area contributed by atoms with Gasteiger partial charge in [-0.1, -0.05) is 18.2 Å². The standard InChI is InChI=1S/C16H13ClFN3O2/c1-2-15(22)20-10-3-5-11(14(19)8-10)16(23)21-9-4-6-13(18)12(17)7-9/h2-8H,1,19H2,(H,20,22)(H,21,23). The summed E-state index contributed by atoms with van der Waals surface area (Å²) >= 11 is 5.66. The van der Waals surface area contributed by atoms with Gasteiger partial charge in [0.15, 0.2) is 0 Å². The molecule has 0 aliphatic rings. The molecule has 2 aromatic rings. The summed E-state index contributed by atoms with van der Waals surface area (Å²) in [4.78, 5) is 23.4. The van der Waals surface area contributed by atoms with Gasteiger partial charge in [0.05, 0.1) is 10.6 Å². The van der Waals surface area contributed by atoms with Crippen molar-refractivity contribution in [2.45, 2.75) is 0 Å². The molecule has 2 aromatic carbocycles. The summed E-state index contributed by atoms with van der Waals surface area (Å²) in [6, 6.07) is 8.28. The van der Waals surface area contributed by atoms with Crippen LogP contribution >= 0.6 is 11.6 Å². The second-order valence-corrected chi connectivity index (χ2v) is 4.99. The predicted octanol–water partition coefficient (Wildman–Crippen LogP) is 3.44. The summed E-state index contributed by atoms with van der Waals surface area (Å²) in [6.07, 6.45) is 1.12. The van der Waals surface area contributed by atoms with E-state index in [0.717, 1.165) is 12.1 Å². The van der Waals surface area contributed by atoms with Gasteiger partial charge in [0.1, 0.15) is 5.82 Å². The minimum Gasteiger partial charge on any atom is -0.398 e. The number of benzene rings is 2. The van der Waals surface area contributed by atoms with Gasteiger partial charge in [-0.25, -0.2) is 4.39 Å². The van der Waals surface area contributed by atoms with Gasteiger partial charge >= 0.3 is 0 Å². The lowest BCUT2D eigenvalue weighted by atomic mass is 10.1. The number of nitrogen functional groups attached to an aromatic ring is 1. The number of hydrogen-bond donors (Lipinski definition) is 3. The topological polar surface area (TPSA) is 84.2 Å². The molecule has 5 nitrogen and oxygen atoms in total. The molecule has 0 saturated heterocycles. The summed E-state index contributed by atoms with van der Waals surface area (Å²) in [6.45, 7) is 3.34. The van der Waals surface area contributed by atoms with Gasteiger partial charge in [0.2, 0.25) is 5.91 Å². The van der Waals surface area contributed by atoms with Crippen LogP contribution in [0.3, 0.4) is 0 Å². The van der Waals surface area contributed by atoms with Gasteiger partial charge in [0, 0.05) is 17.1 Å². The Kier molecular flexibility index (Phi) is 4.98. The van der Waals surface area contributed by atoms with Gasteiger partial charge in [-0.05, 0) is 42.5 Å². The van der Waals surface area contributed by atoms with Crippen molar-refractivity contribution in [2.24, 2.45) is 0 Å². The molecular weight excluding hydrogens is 321 g/mol. The van der Waals surface area contributed by atoms with Crippen molar-refractivity contribution in [2.75, 3.05) is 16.4 Å². The van der Waals surface area contributed by atoms with E-state index in [0.29, 0.717) is 11.4 Å². The Balaban J connectivity index is 2.17. The Labute approximate surface area is 136 Å². The highest BCUT2D eigenvalue weighted by Gasteiger charge is 2.12. The first-order valence-corrected chi connectivity index (χ1v) is 6.88. The summed E-state index contributed by atoms with van der Waals surface area (Å²) in [5, 5.41) is 5.00. The summed E-state index contributed by atoms with van der Waals surface area (Å²) < 4.78 is 13.1. The maximum absolute atomic E-state index is 13.1. The third-order valence-corrected chi connectivity index (χ3v) is 3.22. The maximum Gasteiger partial charge on any atom is 0.257 e. The van der Waals surface area contributed by atoms with E-state index in [9.17, 15) is 14.0 Å². The number of nitrogens with one attached hydrogen (secondary N) is 2. The van der Waals surface area contributed by atoms with E-state index in [1.165, 1.54) is 30.3 Å². The molecular formula is C16H13ClFN3O2. The van der Waals surface area contributed by atoms with Crippen LogP contribution in [0, 0.1) is 5.82 Å². The molecule has 0 unspecified atom stereocenters. The van der Waals surface area contributed by atoms with Crippen LogP contribution in [-0.2, 0) is 4.79 Å². The van der Waals surface area contributed by atoms with Crippen LogP contribution in [0.15, 0.2) is 49.1 Å². The highest BCUT2D eigenvalue weighted by Crippen LogP contribution is 2.22. The molecule has 0 radical (unpaired) electrons. The molecule has 0 atom stereocenters. The minimum atomic E-state index is -0.577. The second kappa shape index (κ2) is 6.93. The van der Waals surface area contributed by atoms with E-state index < -0.39 is 11.7 Å². The number of anilines is 3. The Bertz CT molecular complexity index is 793.